The molecule has 0 amide bonds. The van der Waals surface area contributed by atoms with Gasteiger partial charge in [-0.1, -0.05) is 0 Å². The Hall–Kier alpha value is -2.71. The normalized spacial score (nSPS) is 16.2. The molecule has 1 aliphatic heterocycles. The molecule has 3 aromatic rings. The first-order valence-corrected chi connectivity index (χ1v) is 10.6. The van der Waals surface area contributed by atoms with E-state index in [9.17, 15) is 13.2 Å². The Morgan fingerprint density at radius 2 is 1.89 bits per heavy atom. The maximum absolute atomic E-state index is 13.2. The highest BCUT2D eigenvalue weighted by atomic mass is 32.2. The van der Waals surface area contributed by atoms with E-state index < -0.39 is 15.6 Å². The van der Waals surface area contributed by atoms with E-state index in [4.69, 9.17) is 4.42 Å². The van der Waals surface area contributed by atoms with Crippen molar-refractivity contribution in [2.75, 3.05) is 31.1 Å². The molecule has 1 aromatic carbocycles. The first-order chi connectivity index (χ1) is 13.4. The Labute approximate surface area is 163 Å². The number of benzene rings is 1. The van der Waals surface area contributed by atoms with Crippen molar-refractivity contribution < 1.29 is 12.8 Å². The minimum atomic E-state index is -3.63. The summed E-state index contributed by atoms with van der Waals surface area (Å²) in [7, 11) is -3.63. The van der Waals surface area contributed by atoms with Gasteiger partial charge >= 0.3 is 5.63 Å². The molecular formula is C20H21N3O4S. The van der Waals surface area contributed by atoms with Gasteiger partial charge in [-0.2, -0.15) is 4.31 Å². The molecule has 0 spiro atoms. The van der Waals surface area contributed by atoms with Gasteiger partial charge in [-0.15, -0.1) is 0 Å². The molecule has 1 saturated heterocycles. The van der Waals surface area contributed by atoms with E-state index >= 15 is 0 Å². The first-order valence-electron chi connectivity index (χ1n) is 9.15. The Kier molecular flexibility index (Phi) is 4.91. The number of aromatic nitrogens is 1. The van der Waals surface area contributed by atoms with E-state index in [0.29, 0.717) is 30.6 Å². The summed E-state index contributed by atoms with van der Waals surface area (Å²) < 4.78 is 33.0. The van der Waals surface area contributed by atoms with Gasteiger partial charge in [0.2, 0.25) is 10.0 Å². The smallest absolute Gasteiger partial charge is 0.336 e. The number of fused-ring (bicyclic) bond motifs is 1. The van der Waals surface area contributed by atoms with E-state index in [2.05, 4.69) is 9.88 Å². The zero-order chi connectivity index (χ0) is 19.7. The number of sulfonamides is 1. The lowest BCUT2D eigenvalue weighted by atomic mass is 10.2. The summed E-state index contributed by atoms with van der Waals surface area (Å²) in [6.45, 7) is 4.29. The Bertz CT molecular complexity index is 1170. The Morgan fingerprint density at radius 1 is 1.04 bits per heavy atom. The number of aryl methyl sites for hydroxylation is 1. The highest BCUT2D eigenvalue weighted by molar-refractivity contribution is 7.89. The van der Waals surface area contributed by atoms with Crippen molar-refractivity contribution in [3.63, 3.8) is 0 Å². The second kappa shape index (κ2) is 7.37. The van der Waals surface area contributed by atoms with Crippen LogP contribution in [-0.2, 0) is 10.0 Å². The van der Waals surface area contributed by atoms with Gasteiger partial charge in [0.05, 0.1) is 4.90 Å². The summed E-state index contributed by atoms with van der Waals surface area (Å²) in [5.74, 6) is 0. The van der Waals surface area contributed by atoms with Crippen molar-refractivity contribution in [1.82, 2.24) is 9.29 Å². The van der Waals surface area contributed by atoms with Gasteiger partial charge in [0.15, 0.2) is 0 Å². The van der Waals surface area contributed by atoms with Crippen LogP contribution in [0.25, 0.3) is 11.0 Å². The van der Waals surface area contributed by atoms with Crippen molar-refractivity contribution in [3.05, 3.63) is 64.8 Å². The van der Waals surface area contributed by atoms with Crippen LogP contribution >= 0.6 is 0 Å². The predicted molar refractivity (Wildman–Crippen MR) is 107 cm³/mol. The van der Waals surface area contributed by atoms with Crippen molar-refractivity contribution in [3.8, 4) is 0 Å². The summed E-state index contributed by atoms with van der Waals surface area (Å²) in [6, 6.07) is 9.43. The fraction of sp³-hybridized carbons (Fsp3) is 0.300. The molecule has 2 aromatic heterocycles. The number of anilines is 1. The fourth-order valence-electron chi connectivity index (χ4n) is 3.56. The van der Waals surface area contributed by atoms with E-state index in [0.717, 1.165) is 24.2 Å². The van der Waals surface area contributed by atoms with E-state index in [1.165, 1.54) is 22.5 Å². The Balaban J connectivity index is 1.59. The molecule has 7 nitrogen and oxygen atoms in total. The molecule has 146 valence electrons. The molecule has 1 fully saturated rings. The molecule has 28 heavy (non-hydrogen) atoms. The largest absolute Gasteiger partial charge is 0.423 e. The quantitative estimate of drug-likeness (QED) is 0.629. The number of nitrogens with zero attached hydrogens (tertiary/aromatic N) is 3. The summed E-state index contributed by atoms with van der Waals surface area (Å²) in [4.78, 5) is 17.9. The predicted octanol–water partition coefficient (Wildman–Crippen LogP) is 2.40. The molecular weight excluding hydrogens is 378 g/mol. The average molecular weight is 399 g/mol. The van der Waals surface area contributed by atoms with Crippen LogP contribution in [0.5, 0.6) is 0 Å². The van der Waals surface area contributed by atoms with E-state index in [1.807, 2.05) is 19.2 Å². The van der Waals surface area contributed by atoms with Gasteiger partial charge in [-0.25, -0.2) is 13.2 Å². The van der Waals surface area contributed by atoms with Crippen LogP contribution in [0.2, 0.25) is 0 Å². The van der Waals surface area contributed by atoms with Crippen LogP contribution in [0.15, 0.2) is 62.9 Å². The molecule has 0 unspecified atom stereocenters. The van der Waals surface area contributed by atoms with Gasteiger partial charge in [0, 0.05) is 55.7 Å². The second-order valence-electron chi connectivity index (χ2n) is 6.86. The van der Waals surface area contributed by atoms with Crippen LogP contribution < -0.4 is 10.5 Å². The lowest BCUT2D eigenvalue weighted by molar-refractivity contribution is 0.433. The van der Waals surface area contributed by atoms with E-state index in [-0.39, 0.29) is 4.90 Å². The van der Waals surface area contributed by atoms with Crippen molar-refractivity contribution in [2.45, 2.75) is 18.2 Å². The van der Waals surface area contributed by atoms with Crippen LogP contribution in [-0.4, -0.2) is 43.9 Å². The molecule has 1 aliphatic rings. The molecule has 0 atom stereocenters. The molecule has 0 radical (unpaired) electrons. The lowest BCUT2D eigenvalue weighted by Gasteiger charge is -2.24. The molecule has 8 heteroatoms. The van der Waals surface area contributed by atoms with Crippen LogP contribution in [0.3, 0.4) is 0 Å². The average Bonchev–Trinajstić information content (AvgIpc) is 2.94. The molecule has 4 rings (SSSR count). The third-order valence-electron chi connectivity index (χ3n) is 5.01. The Morgan fingerprint density at radius 3 is 2.71 bits per heavy atom. The van der Waals surface area contributed by atoms with Crippen molar-refractivity contribution in [1.29, 1.82) is 0 Å². The van der Waals surface area contributed by atoms with Gasteiger partial charge in [-0.05, 0) is 49.2 Å². The first kappa shape index (κ1) is 18.6. The van der Waals surface area contributed by atoms with Crippen molar-refractivity contribution >= 4 is 26.7 Å². The van der Waals surface area contributed by atoms with Gasteiger partial charge < -0.3 is 9.32 Å². The zero-order valence-electron chi connectivity index (χ0n) is 15.5. The summed E-state index contributed by atoms with van der Waals surface area (Å²) in [5.41, 5.74) is 2.09. The lowest BCUT2D eigenvalue weighted by Crippen LogP contribution is -2.35. The minimum Gasteiger partial charge on any atom is -0.423 e. The number of rotatable bonds is 3. The summed E-state index contributed by atoms with van der Waals surface area (Å²) in [6.07, 6.45) is 4.32. The molecule has 0 N–H and O–H groups in total. The fourth-order valence-corrected chi connectivity index (χ4v) is 5.06. The number of hydrogen-bond acceptors (Lipinski definition) is 6. The molecule has 3 heterocycles. The van der Waals surface area contributed by atoms with Gasteiger partial charge in [0.1, 0.15) is 5.58 Å². The standard InChI is InChI=1S/C20H21N3O4S/c1-15-14-21-8-7-18(15)22-9-2-10-23(12-11-22)28(25,26)17-4-5-19-16(13-17)3-6-20(24)27-19/h3-8,13-14H,2,9-12H2,1H3. The highest BCUT2D eigenvalue weighted by Crippen LogP contribution is 2.24. The molecule has 0 aliphatic carbocycles. The summed E-state index contributed by atoms with van der Waals surface area (Å²) >= 11 is 0. The maximum atomic E-state index is 13.2. The highest BCUT2D eigenvalue weighted by Gasteiger charge is 2.27. The molecule has 0 saturated carbocycles. The number of hydrogen-bond donors (Lipinski definition) is 0. The minimum absolute atomic E-state index is 0.211. The van der Waals surface area contributed by atoms with Crippen LogP contribution in [0.4, 0.5) is 5.69 Å². The van der Waals surface area contributed by atoms with Crippen LogP contribution in [0, 0.1) is 6.92 Å². The van der Waals surface area contributed by atoms with Crippen molar-refractivity contribution in [2.24, 2.45) is 0 Å². The third kappa shape index (κ3) is 3.53. The maximum Gasteiger partial charge on any atom is 0.336 e. The topological polar surface area (TPSA) is 83.7 Å². The van der Waals surface area contributed by atoms with Gasteiger partial charge in [-0.3, -0.25) is 4.98 Å². The van der Waals surface area contributed by atoms with Gasteiger partial charge in [0.25, 0.3) is 0 Å². The second-order valence-corrected chi connectivity index (χ2v) is 8.80. The summed E-state index contributed by atoms with van der Waals surface area (Å²) in [5, 5.41) is 0.588. The molecule has 0 bridgehead atoms. The zero-order valence-corrected chi connectivity index (χ0v) is 16.4. The number of pyridine rings is 1. The SMILES string of the molecule is Cc1cnccc1N1CCCN(S(=O)(=O)c2ccc3oc(=O)ccc3c2)CC1. The third-order valence-corrected chi connectivity index (χ3v) is 6.91. The van der Waals surface area contributed by atoms with Crippen LogP contribution in [0.1, 0.15) is 12.0 Å². The van der Waals surface area contributed by atoms with E-state index in [1.54, 1.807) is 18.3 Å². The monoisotopic (exact) mass is 399 g/mol.